The van der Waals surface area contributed by atoms with Crippen LogP contribution in [0.5, 0.6) is 0 Å². The fraction of sp³-hybridized carbons (Fsp3) is 0.467. The highest BCUT2D eigenvalue weighted by Crippen LogP contribution is 2.34. The van der Waals surface area contributed by atoms with Gasteiger partial charge in [0.1, 0.15) is 5.82 Å². The van der Waals surface area contributed by atoms with Crippen LogP contribution in [-0.4, -0.2) is 24.4 Å². The van der Waals surface area contributed by atoms with E-state index in [1.165, 1.54) is 19.1 Å². The molecule has 1 aliphatic carbocycles. The van der Waals surface area contributed by atoms with Crippen molar-refractivity contribution in [1.29, 1.82) is 0 Å². The molecule has 0 aromatic heterocycles. The van der Waals surface area contributed by atoms with Gasteiger partial charge in [-0.15, -0.1) is 0 Å². The number of hydrogen-bond acceptors (Lipinski definition) is 2. The van der Waals surface area contributed by atoms with E-state index in [-0.39, 0.29) is 30.2 Å². The average molecular weight is 278 g/mol. The van der Waals surface area contributed by atoms with E-state index < -0.39 is 0 Å². The van der Waals surface area contributed by atoms with Gasteiger partial charge in [-0.25, -0.2) is 4.39 Å². The summed E-state index contributed by atoms with van der Waals surface area (Å²) in [4.78, 5) is 22.3. The topological polar surface area (TPSA) is 58.2 Å². The largest absolute Gasteiger partial charge is 0.352 e. The molecular formula is C15H19FN2O2. The van der Waals surface area contributed by atoms with E-state index in [0.717, 1.165) is 24.8 Å². The van der Waals surface area contributed by atoms with Crippen molar-refractivity contribution in [2.75, 3.05) is 6.54 Å². The van der Waals surface area contributed by atoms with Gasteiger partial charge in [-0.3, -0.25) is 9.59 Å². The summed E-state index contributed by atoms with van der Waals surface area (Å²) in [6.07, 6.45) is 2.75. The minimum atomic E-state index is -0.230. The molecule has 2 N–H and O–H groups in total. The van der Waals surface area contributed by atoms with Crippen molar-refractivity contribution in [3.63, 3.8) is 0 Å². The van der Waals surface area contributed by atoms with Gasteiger partial charge in [-0.2, -0.15) is 0 Å². The summed E-state index contributed by atoms with van der Waals surface area (Å²) in [6.45, 7) is 1.40. The van der Waals surface area contributed by atoms with Gasteiger partial charge in [-0.05, 0) is 42.9 Å². The monoisotopic (exact) mass is 278 g/mol. The minimum absolute atomic E-state index is 0.0209. The van der Waals surface area contributed by atoms with Crippen LogP contribution >= 0.6 is 0 Å². The highest BCUT2D eigenvalue weighted by Gasteiger charge is 2.26. The SMILES string of the molecule is CC(=O)NCC(=O)N[C@@H]1CC[C@@H](c2ccc(F)cc2)C1. The van der Waals surface area contributed by atoms with Crippen LogP contribution in [0, 0.1) is 5.82 Å². The lowest BCUT2D eigenvalue weighted by Crippen LogP contribution is -2.40. The highest BCUT2D eigenvalue weighted by atomic mass is 19.1. The molecule has 108 valence electrons. The number of halogens is 1. The van der Waals surface area contributed by atoms with Gasteiger partial charge in [0.25, 0.3) is 0 Å². The van der Waals surface area contributed by atoms with E-state index in [4.69, 9.17) is 0 Å². The lowest BCUT2D eigenvalue weighted by molar-refractivity contribution is -0.125. The van der Waals surface area contributed by atoms with Crippen molar-refractivity contribution in [2.45, 2.75) is 38.1 Å². The normalized spacial score (nSPS) is 21.5. The van der Waals surface area contributed by atoms with Gasteiger partial charge >= 0.3 is 0 Å². The molecule has 0 bridgehead atoms. The number of carbonyl (C=O) groups excluding carboxylic acids is 2. The summed E-state index contributed by atoms with van der Waals surface area (Å²) in [5, 5.41) is 5.39. The summed E-state index contributed by atoms with van der Waals surface area (Å²) in [6, 6.07) is 6.69. The van der Waals surface area contributed by atoms with Crippen LogP contribution in [-0.2, 0) is 9.59 Å². The Morgan fingerprint density at radius 2 is 1.95 bits per heavy atom. The molecule has 1 fully saturated rings. The van der Waals surface area contributed by atoms with E-state index in [1.54, 1.807) is 0 Å². The first-order valence-electron chi connectivity index (χ1n) is 6.84. The third-order valence-corrected chi connectivity index (χ3v) is 3.64. The van der Waals surface area contributed by atoms with Crippen LogP contribution in [0.3, 0.4) is 0 Å². The first-order chi connectivity index (χ1) is 9.54. The summed E-state index contributed by atoms with van der Waals surface area (Å²) in [5.74, 6) is -0.241. The first kappa shape index (κ1) is 14.5. The zero-order chi connectivity index (χ0) is 14.5. The molecule has 20 heavy (non-hydrogen) atoms. The molecule has 1 aromatic rings. The molecule has 2 amide bonds. The second kappa shape index (κ2) is 6.50. The Hall–Kier alpha value is -1.91. The summed E-state index contributed by atoms with van der Waals surface area (Å²) >= 11 is 0. The van der Waals surface area contributed by atoms with Gasteiger partial charge < -0.3 is 10.6 Å². The predicted molar refractivity (Wildman–Crippen MR) is 73.6 cm³/mol. The van der Waals surface area contributed by atoms with Crippen LogP contribution in [0.1, 0.15) is 37.7 Å². The Morgan fingerprint density at radius 1 is 1.25 bits per heavy atom. The van der Waals surface area contributed by atoms with Crippen molar-refractivity contribution in [3.05, 3.63) is 35.6 Å². The van der Waals surface area contributed by atoms with Crippen LogP contribution < -0.4 is 10.6 Å². The number of hydrogen-bond donors (Lipinski definition) is 2. The number of nitrogens with one attached hydrogen (secondary N) is 2. The Morgan fingerprint density at radius 3 is 2.60 bits per heavy atom. The van der Waals surface area contributed by atoms with Gasteiger partial charge in [-0.1, -0.05) is 12.1 Å². The standard InChI is InChI=1S/C15H19FN2O2/c1-10(19)17-9-15(20)18-14-7-4-12(8-14)11-2-5-13(16)6-3-11/h2-3,5-6,12,14H,4,7-9H2,1H3,(H,17,19)(H,18,20)/t12-,14-/m1/s1. The first-order valence-corrected chi connectivity index (χ1v) is 6.84. The van der Waals surface area contributed by atoms with Crippen molar-refractivity contribution < 1.29 is 14.0 Å². The molecule has 0 spiro atoms. The molecule has 0 unspecified atom stereocenters. The molecular weight excluding hydrogens is 259 g/mol. The van der Waals surface area contributed by atoms with Crippen LogP contribution in [0.25, 0.3) is 0 Å². The smallest absolute Gasteiger partial charge is 0.239 e. The van der Waals surface area contributed by atoms with E-state index in [2.05, 4.69) is 10.6 Å². The average Bonchev–Trinajstić information content (AvgIpc) is 2.85. The number of carbonyl (C=O) groups is 2. The molecule has 1 saturated carbocycles. The Kier molecular flexibility index (Phi) is 4.71. The van der Waals surface area contributed by atoms with Crippen molar-refractivity contribution in [3.8, 4) is 0 Å². The second-order valence-electron chi connectivity index (χ2n) is 5.24. The maximum Gasteiger partial charge on any atom is 0.239 e. The van der Waals surface area contributed by atoms with Crippen molar-refractivity contribution >= 4 is 11.8 Å². The lowest BCUT2D eigenvalue weighted by atomic mass is 9.97. The number of benzene rings is 1. The van der Waals surface area contributed by atoms with Crippen molar-refractivity contribution in [2.24, 2.45) is 0 Å². The molecule has 1 aliphatic rings. The maximum atomic E-state index is 12.9. The molecule has 5 heteroatoms. The molecule has 1 aromatic carbocycles. The quantitative estimate of drug-likeness (QED) is 0.881. The number of amides is 2. The highest BCUT2D eigenvalue weighted by molar-refractivity contribution is 5.83. The molecule has 0 saturated heterocycles. The number of rotatable bonds is 4. The van der Waals surface area contributed by atoms with Gasteiger partial charge in [0, 0.05) is 13.0 Å². The molecule has 4 nitrogen and oxygen atoms in total. The summed E-state index contributed by atoms with van der Waals surface area (Å²) in [5.41, 5.74) is 1.12. The van der Waals surface area contributed by atoms with E-state index in [1.807, 2.05) is 12.1 Å². The second-order valence-corrected chi connectivity index (χ2v) is 5.24. The Labute approximate surface area is 117 Å². The molecule has 0 heterocycles. The maximum absolute atomic E-state index is 12.9. The van der Waals surface area contributed by atoms with Crippen LogP contribution in [0.15, 0.2) is 24.3 Å². The summed E-state index contributed by atoms with van der Waals surface area (Å²) in [7, 11) is 0. The molecule has 2 atom stereocenters. The lowest BCUT2D eigenvalue weighted by Gasteiger charge is -2.14. The molecule has 0 radical (unpaired) electrons. The van der Waals surface area contributed by atoms with E-state index >= 15 is 0 Å². The third kappa shape index (κ3) is 4.05. The Bertz CT molecular complexity index is 487. The third-order valence-electron chi connectivity index (χ3n) is 3.64. The van der Waals surface area contributed by atoms with Crippen molar-refractivity contribution in [1.82, 2.24) is 10.6 Å². The van der Waals surface area contributed by atoms with Gasteiger partial charge in [0.2, 0.25) is 11.8 Å². The van der Waals surface area contributed by atoms with E-state index in [0.29, 0.717) is 5.92 Å². The summed E-state index contributed by atoms with van der Waals surface area (Å²) < 4.78 is 12.9. The molecule has 2 rings (SSSR count). The van der Waals surface area contributed by atoms with Gasteiger partial charge in [0.05, 0.1) is 6.54 Å². The fourth-order valence-corrected chi connectivity index (χ4v) is 2.63. The minimum Gasteiger partial charge on any atom is -0.352 e. The van der Waals surface area contributed by atoms with Gasteiger partial charge in [0.15, 0.2) is 0 Å². The zero-order valence-electron chi connectivity index (χ0n) is 11.5. The van der Waals surface area contributed by atoms with Crippen LogP contribution in [0.2, 0.25) is 0 Å². The Balaban J connectivity index is 1.81. The predicted octanol–water partition coefficient (Wildman–Crippen LogP) is 1.71. The van der Waals surface area contributed by atoms with E-state index in [9.17, 15) is 14.0 Å². The molecule has 0 aliphatic heterocycles. The van der Waals surface area contributed by atoms with Crippen LogP contribution in [0.4, 0.5) is 4.39 Å². The fourth-order valence-electron chi connectivity index (χ4n) is 2.63. The zero-order valence-corrected chi connectivity index (χ0v) is 11.5.